The van der Waals surface area contributed by atoms with Crippen LogP contribution in [0.2, 0.25) is 0 Å². The third-order valence-electron chi connectivity index (χ3n) is 2.30. The Labute approximate surface area is 117 Å². The Kier molecular flexibility index (Phi) is 4.32. The summed E-state index contributed by atoms with van der Waals surface area (Å²) in [6.45, 7) is 0. The fourth-order valence-electron chi connectivity index (χ4n) is 1.47. The van der Waals surface area contributed by atoms with Crippen molar-refractivity contribution < 1.29 is 27.1 Å². The maximum absolute atomic E-state index is 12.0. The van der Waals surface area contributed by atoms with E-state index >= 15 is 0 Å². The minimum atomic E-state index is -4.74. The molecule has 0 aliphatic heterocycles. The second-order valence-corrected chi connectivity index (χ2v) is 3.91. The number of benzene rings is 1. The highest BCUT2D eigenvalue weighted by Gasteiger charge is 2.30. The molecule has 110 valence electrons. The van der Waals surface area contributed by atoms with E-state index in [2.05, 4.69) is 10.1 Å². The topological polar surface area (TPSA) is 51.5 Å². The lowest BCUT2D eigenvalue weighted by Crippen LogP contribution is -2.17. The van der Waals surface area contributed by atoms with E-state index in [-0.39, 0.29) is 5.75 Å². The Balaban J connectivity index is 1.92. The van der Waals surface area contributed by atoms with Gasteiger partial charge in [0.2, 0.25) is 5.91 Å². The first-order chi connectivity index (χ1) is 9.92. The number of rotatable bonds is 4. The molecular weight excluding hydrogens is 287 g/mol. The van der Waals surface area contributed by atoms with E-state index in [1.54, 1.807) is 12.1 Å². The van der Waals surface area contributed by atoms with E-state index in [0.29, 0.717) is 11.4 Å². The lowest BCUT2D eigenvalue weighted by Gasteiger charge is -2.09. The first kappa shape index (κ1) is 14.7. The Morgan fingerprint density at radius 2 is 1.90 bits per heavy atom. The first-order valence-corrected chi connectivity index (χ1v) is 5.81. The van der Waals surface area contributed by atoms with Crippen molar-refractivity contribution in [3.05, 3.63) is 54.5 Å². The molecule has 0 saturated carbocycles. The molecule has 1 aromatic carbocycles. The minimum absolute atomic E-state index is 0.346. The summed E-state index contributed by atoms with van der Waals surface area (Å²) in [6.07, 6.45) is -0.553. The van der Waals surface area contributed by atoms with Crippen LogP contribution in [0, 0.1) is 0 Å². The SMILES string of the molecule is O=C(C=Cc1ccco1)Nc1ccc(OC(F)(F)F)cc1. The van der Waals surface area contributed by atoms with Gasteiger partial charge in [-0.3, -0.25) is 4.79 Å². The maximum atomic E-state index is 12.0. The van der Waals surface area contributed by atoms with Gasteiger partial charge in [-0.2, -0.15) is 0 Å². The van der Waals surface area contributed by atoms with Crippen molar-refractivity contribution in [3.8, 4) is 5.75 Å². The van der Waals surface area contributed by atoms with E-state index in [1.807, 2.05) is 0 Å². The van der Waals surface area contributed by atoms with E-state index in [9.17, 15) is 18.0 Å². The maximum Gasteiger partial charge on any atom is 0.573 e. The number of hydrogen-bond donors (Lipinski definition) is 1. The van der Waals surface area contributed by atoms with Crippen LogP contribution in [0.1, 0.15) is 5.76 Å². The number of carbonyl (C=O) groups excluding carboxylic acids is 1. The van der Waals surface area contributed by atoms with Gasteiger partial charge in [0.25, 0.3) is 0 Å². The minimum Gasteiger partial charge on any atom is -0.465 e. The lowest BCUT2D eigenvalue weighted by molar-refractivity contribution is -0.274. The van der Waals surface area contributed by atoms with Crippen molar-refractivity contribution in [2.24, 2.45) is 0 Å². The average molecular weight is 297 g/mol. The zero-order valence-electron chi connectivity index (χ0n) is 10.6. The van der Waals surface area contributed by atoms with Crippen molar-refractivity contribution in [2.45, 2.75) is 6.36 Å². The van der Waals surface area contributed by atoms with Crippen LogP contribution in [-0.2, 0) is 4.79 Å². The van der Waals surface area contributed by atoms with Crippen LogP contribution in [0.15, 0.2) is 53.2 Å². The predicted octanol–water partition coefficient (Wildman–Crippen LogP) is 3.83. The summed E-state index contributed by atoms with van der Waals surface area (Å²) in [6, 6.07) is 8.18. The number of hydrogen-bond acceptors (Lipinski definition) is 3. The number of alkyl halides is 3. The van der Waals surface area contributed by atoms with E-state index < -0.39 is 12.3 Å². The fraction of sp³-hybridized carbons (Fsp3) is 0.0714. The van der Waals surface area contributed by atoms with Gasteiger partial charge in [0.1, 0.15) is 11.5 Å². The quantitative estimate of drug-likeness (QED) is 0.873. The summed E-state index contributed by atoms with van der Waals surface area (Å²) in [5.74, 6) is -0.276. The van der Waals surface area contributed by atoms with Gasteiger partial charge in [-0.1, -0.05) is 0 Å². The van der Waals surface area contributed by atoms with Gasteiger partial charge in [-0.15, -0.1) is 13.2 Å². The second kappa shape index (κ2) is 6.17. The number of nitrogens with one attached hydrogen (secondary N) is 1. The van der Waals surface area contributed by atoms with E-state index in [4.69, 9.17) is 4.42 Å². The molecule has 2 rings (SSSR count). The summed E-state index contributed by atoms with van der Waals surface area (Å²) in [5.41, 5.74) is 0.346. The Morgan fingerprint density at radius 3 is 2.48 bits per heavy atom. The van der Waals surface area contributed by atoms with E-state index in [1.165, 1.54) is 30.5 Å². The van der Waals surface area contributed by atoms with Gasteiger partial charge in [0.05, 0.1) is 6.26 Å². The van der Waals surface area contributed by atoms with Crippen LogP contribution in [0.25, 0.3) is 6.08 Å². The molecule has 0 spiro atoms. The van der Waals surface area contributed by atoms with Crippen LogP contribution >= 0.6 is 0 Å². The third kappa shape index (κ3) is 5.06. The fourth-order valence-corrected chi connectivity index (χ4v) is 1.47. The van der Waals surface area contributed by atoms with Gasteiger partial charge in [0, 0.05) is 11.8 Å². The third-order valence-corrected chi connectivity index (χ3v) is 2.30. The number of carbonyl (C=O) groups is 1. The van der Waals surface area contributed by atoms with Crippen molar-refractivity contribution in [2.75, 3.05) is 5.32 Å². The van der Waals surface area contributed by atoms with Gasteiger partial charge < -0.3 is 14.5 Å². The van der Waals surface area contributed by atoms with Gasteiger partial charge in [0.15, 0.2) is 0 Å². The molecule has 0 unspecified atom stereocenters. The molecule has 0 fully saturated rings. The largest absolute Gasteiger partial charge is 0.573 e. The zero-order chi connectivity index (χ0) is 15.3. The number of amides is 1. The molecule has 0 radical (unpaired) electrons. The Morgan fingerprint density at radius 1 is 1.19 bits per heavy atom. The summed E-state index contributed by atoms with van der Waals surface area (Å²) in [5, 5.41) is 2.49. The molecule has 4 nitrogen and oxygen atoms in total. The second-order valence-electron chi connectivity index (χ2n) is 3.91. The summed E-state index contributed by atoms with van der Waals surface area (Å²) >= 11 is 0. The van der Waals surface area contributed by atoms with Crippen molar-refractivity contribution >= 4 is 17.7 Å². The number of furan rings is 1. The molecule has 0 aliphatic carbocycles. The molecule has 0 saturated heterocycles. The molecule has 1 aromatic heterocycles. The molecule has 7 heteroatoms. The van der Waals surface area contributed by atoms with Gasteiger partial charge >= 0.3 is 6.36 Å². The van der Waals surface area contributed by atoms with Crippen molar-refractivity contribution in [3.63, 3.8) is 0 Å². The van der Waals surface area contributed by atoms with Crippen LogP contribution in [0.4, 0.5) is 18.9 Å². The first-order valence-electron chi connectivity index (χ1n) is 5.81. The molecule has 0 aliphatic rings. The monoisotopic (exact) mass is 297 g/mol. The van der Waals surface area contributed by atoms with Crippen molar-refractivity contribution in [1.29, 1.82) is 0 Å². The highest BCUT2D eigenvalue weighted by molar-refractivity contribution is 6.01. The number of halogens is 3. The predicted molar refractivity (Wildman–Crippen MR) is 69.5 cm³/mol. The molecular formula is C14H10F3NO3. The molecule has 0 atom stereocenters. The van der Waals surface area contributed by atoms with Gasteiger partial charge in [-0.25, -0.2) is 0 Å². The van der Waals surface area contributed by atoms with Crippen LogP contribution in [-0.4, -0.2) is 12.3 Å². The summed E-state index contributed by atoms with van der Waals surface area (Å²) in [4.78, 5) is 11.6. The Hall–Kier alpha value is -2.70. The lowest BCUT2D eigenvalue weighted by atomic mass is 10.3. The Bertz CT molecular complexity index is 616. The number of ether oxygens (including phenoxy) is 1. The highest BCUT2D eigenvalue weighted by atomic mass is 19.4. The number of anilines is 1. The van der Waals surface area contributed by atoms with Crippen molar-refractivity contribution in [1.82, 2.24) is 0 Å². The normalized spacial score (nSPS) is 11.6. The molecule has 1 amide bonds. The summed E-state index contributed by atoms with van der Waals surface area (Å²) in [7, 11) is 0. The van der Waals surface area contributed by atoms with Gasteiger partial charge in [-0.05, 0) is 42.5 Å². The molecule has 1 N–H and O–H groups in total. The van der Waals surface area contributed by atoms with Crippen LogP contribution in [0.5, 0.6) is 5.75 Å². The van der Waals surface area contributed by atoms with Crippen LogP contribution < -0.4 is 10.1 Å². The van der Waals surface area contributed by atoms with Crippen LogP contribution in [0.3, 0.4) is 0 Å². The average Bonchev–Trinajstić information content (AvgIpc) is 2.90. The standard InChI is InChI=1S/C14H10F3NO3/c15-14(16,17)21-12-5-3-10(4-6-12)18-13(19)8-7-11-2-1-9-20-11/h1-9H,(H,18,19). The molecule has 21 heavy (non-hydrogen) atoms. The highest BCUT2D eigenvalue weighted by Crippen LogP contribution is 2.23. The zero-order valence-corrected chi connectivity index (χ0v) is 10.6. The molecule has 2 aromatic rings. The molecule has 1 heterocycles. The summed E-state index contributed by atoms with van der Waals surface area (Å²) < 4.78 is 44.7. The smallest absolute Gasteiger partial charge is 0.465 e. The van der Waals surface area contributed by atoms with E-state index in [0.717, 1.165) is 12.1 Å². The molecule has 0 bridgehead atoms.